The second-order valence-corrected chi connectivity index (χ2v) is 5.97. The summed E-state index contributed by atoms with van der Waals surface area (Å²) in [4.78, 5) is 24.4. The molecule has 0 saturated heterocycles. The Hall–Kier alpha value is -3.74. The first-order valence-electron chi connectivity index (χ1n) is 8.30. The molecular weight excluding hydrogens is 344 g/mol. The van der Waals surface area contributed by atoms with Crippen molar-refractivity contribution in [2.75, 3.05) is 7.05 Å². The van der Waals surface area contributed by atoms with E-state index in [1.165, 1.54) is 23.1 Å². The third kappa shape index (κ3) is 4.46. The molecule has 0 spiro atoms. The van der Waals surface area contributed by atoms with E-state index < -0.39 is 4.92 Å². The summed E-state index contributed by atoms with van der Waals surface area (Å²) < 4.78 is 1.75. The third-order valence-electron chi connectivity index (χ3n) is 3.99. The Labute approximate surface area is 156 Å². The number of amides is 1. The van der Waals surface area contributed by atoms with E-state index in [0.717, 1.165) is 11.3 Å². The minimum atomic E-state index is -0.466. The van der Waals surface area contributed by atoms with Crippen molar-refractivity contribution in [3.8, 4) is 5.69 Å². The average molecular weight is 362 g/mol. The van der Waals surface area contributed by atoms with Crippen LogP contribution in [0.25, 0.3) is 11.8 Å². The monoisotopic (exact) mass is 362 g/mol. The highest BCUT2D eigenvalue weighted by molar-refractivity contribution is 5.92. The van der Waals surface area contributed by atoms with E-state index in [1.807, 2.05) is 36.5 Å². The maximum Gasteiger partial charge on any atom is 0.276 e. The lowest BCUT2D eigenvalue weighted by Crippen LogP contribution is -2.23. The van der Waals surface area contributed by atoms with Crippen LogP contribution in [0.1, 0.15) is 11.1 Å². The number of nitro benzene ring substituents is 1. The van der Waals surface area contributed by atoms with Crippen LogP contribution in [0, 0.1) is 10.1 Å². The predicted octanol–water partition coefficient (Wildman–Crippen LogP) is 3.45. The zero-order valence-corrected chi connectivity index (χ0v) is 14.7. The molecule has 1 heterocycles. The van der Waals surface area contributed by atoms with E-state index in [9.17, 15) is 14.9 Å². The second-order valence-electron chi connectivity index (χ2n) is 5.97. The highest BCUT2D eigenvalue weighted by Gasteiger charge is 2.12. The van der Waals surface area contributed by atoms with Crippen molar-refractivity contribution in [2.24, 2.45) is 0 Å². The zero-order chi connectivity index (χ0) is 19.2. The van der Waals surface area contributed by atoms with Crippen LogP contribution >= 0.6 is 0 Å². The fraction of sp³-hybridized carbons (Fsp3) is 0.100. The summed E-state index contributed by atoms with van der Waals surface area (Å²) in [5, 5.41) is 15.3. The van der Waals surface area contributed by atoms with Gasteiger partial charge in [-0.1, -0.05) is 30.3 Å². The van der Waals surface area contributed by atoms with Crippen LogP contribution < -0.4 is 0 Å². The van der Waals surface area contributed by atoms with Gasteiger partial charge >= 0.3 is 0 Å². The van der Waals surface area contributed by atoms with E-state index in [1.54, 1.807) is 36.1 Å². The molecule has 7 nitrogen and oxygen atoms in total. The summed E-state index contributed by atoms with van der Waals surface area (Å²) in [6, 6.07) is 16.0. The number of aromatic nitrogens is 2. The Bertz CT molecular complexity index is 980. The number of para-hydroxylation sites is 2. The SMILES string of the molecule is CN(Cc1cnn(-c2ccccc2)c1)C(=O)/C=C/c1ccccc1[N+](=O)[O-]. The lowest BCUT2D eigenvalue weighted by atomic mass is 10.1. The van der Waals surface area contributed by atoms with Crippen molar-refractivity contribution >= 4 is 17.7 Å². The molecule has 0 bridgehead atoms. The van der Waals surface area contributed by atoms with Crippen LogP contribution in [0.3, 0.4) is 0 Å². The smallest absolute Gasteiger partial charge is 0.276 e. The van der Waals surface area contributed by atoms with Crippen LogP contribution in [-0.4, -0.2) is 32.6 Å². The molecule has 0 aliphatic heterocycles. The highest BCUT2D eigenvalue weighted by atomic mass is 16.6. The molecule has 0 unspecified atom stereocenters. The number of likely N-dealkylation sites (N-methyl/N-ethyl adjacent to an activating group) is 1. The molecule has 3 rings (SSSR count). The lowest BCUT2D eigenvalue weighted by molar-refractivity contribution is -0.385. The molecule has 1 aromatic heterocycles. The van der Waals surface area contributed by atoms with Gasteiger partial charge in [-0.3, -0.25) is 14.9 Å². The van der Waals surface area contributed by atoms with E-state index in [-0.39, 0.29) is 11.6 Å². The molecule has 2 aromatic carbocycles. The number of hydrogen-bond donors (Lipinski definition) is 0. The summed E-state index contributed by atoms with van der Waals surface area (Å²) >= 11 is 0. The number of carbonyl (C=O) groups excluding carboxylic acids is 1. The summed E-state index contributed by atoms with van der Waals surface area (Å²) in [5.74, 6) is -0.249. The number of rotatable bonds is 6. The summed E-state index contributed by atoms with van der Waals surface area (Å²) in [5.41, 5.74) is 2.18. The quantitative estimate of drug-likeness (QED) is 0.382. The molecule has 3 aromatic rings. The highest BCUT2D eigenvalue weighted by Crippen LogP contribution is 2.19. The Morgan fingerprint density at radius 3 is 2.63 bits per heavy atom. The molecule has 0 aliphatic rings. The molecule has 0 saturated carbocycles. The zero-order valence-electron chi connectivity index (χ0n) is 14.7. The first-order chi connectivity index (χ1) is 13.0. The van der Waals surface area contributed by atoms with Gasteiger partial charge in [0.1, 0.15) is 0 Å². The molecule has 0 atom stereocenters. The van der Waals surface area contributed by atoms with Crippen molar-refractivity contribution < 1.29 is 9.72 Å². The van der Waals surface area contributed by atoms with Crippen molar-refractivity contribution in [1.29, 1.82) is 0 Å². The van der Waals surface area contributed by atoms with Crippen LogP contribution in [0.4, 0.5) is 5.69 Å². The second kappa shape index (κ2) is 8.09. The number of nitro groups is 1. The van der Waals surface area contributed by atoms with Gasteiger partial charge in [0.15, 0.2) is 0 Å². The van der Waals surface area contributed by atoms with Gasteiger partial charge < -0.3 is 4.90 Å². The van der Waals surface area contributed by atoms with Crippen LogP contribution in [0.2, 0.25) is 0 Å². The molecule has 0 aliphatic carbocycles. The Morgan fingerprint density at radius 1 is 1.19 bits per heavy atom. The van der Waals surface area contributed by atoms with Gasteiger partial charge in [0, 0.05) is 37.5 Å². The van der Waals surface area contributed by atoms with E-state index >= 15 is 0 Å². The van der Waals surface area contributed by atoms with Crippen LogP contribution in [0.15, 0.2) is 73.1 Å². The van der Waals surface area contributed by atoms with E-state index in [0.29, 0.717) is 12.1 Å². The lowest BCUT2D eigenvalue weighted by Gasteiger charge is -2.13. The molecular formula is C20H18N4O3. The van der Waals surface area contributed by atoms with Crippen molar-refractivity contribution in [3.63, 3.8) is 0 Å². The van der Waals surface area contributed by atoms with E-state index in [4.69, 9.17) is 0 Å². The maximum atomic E-state index is 12.3. The Kier molecular flexibility index (Phi) is 5.41. The summed E-state index contributed by atoms with van der Waals surface area (Å²) in [6.45, 7) is 0.382. The van der Waals surface area contributed by atoms with Gasteiger partial charge in [0.25, 0.3) is 5.69 Å². The van der Waals surface area contributed by atoms with Gasteiger partial charge in [-0.05, 0) is 24.3 Å². The topological polar surface area (TPSA) is 81.3 Å². The fourth-order valence-electron chi connectivity index (χ4n) is 2.60. The minimum Gasteiger partial charge on any atom is -0.338 e. The fourth-order valence-corrected chi connectivity index (χ4v) is 2.60. The van der Waals surface area contributed by atoms with Gasteiger partial charge in [0.05, 0.1) is 22.4 Å². The van der Waals surface area contributed by atoms with Crippen LogP contribution in [0.5, 0.6) is 0 Å². The third-order valence-corrected chi connectivity index (χ3v) is 3.99. The van der Waals surface area contributed by atoms with Crippen molar-refractivity contribution in [1.82, 2.24) is 14.7 Å². The predicted molar refractivity (Wildman–Crippen MR) is 102 cm³/mol. The molecule has 0 radical (unpaired) electrons. The van der Waals surface area contributed by atoms with Gasteiger partial charge in [-0.2, -0.15) is 5.10 Å². The normalized spacial score (nSPS) is 10.9. The maximum absolute atomic E-state index is 12.3. The first kappa shape index (κ1) is 18.1. The number of carbonyl (C=O) groups is 1. The standard InChI is InChI=1S/C20H18N4O3/c1-22(14-16-13-21-23(15-16)18-8-3-2-4-9-18)20(25)12-11-17-7-5-6-10-19(17)24(26)27/h2-13,15H,14H2,1H3/b12-11+. The molecule has 0 fully saturated rings. The number of hydrogen-bond acceptors (Lipinski definition) is 4. The van der Waals surface area contributed by atoms with Gasteiger partial charge in [-0.15, -0.1) is 0 Å². The Balaban J connectivity index is 1.67. The molecule has 0 N–H and O–H groups in total. The Morgan fingerprint density at radius 2 is 1.89 bits per heavy atom. The first-order valence-corrected chi connectivity index (χ1v) is 8.30. The summed E-state index contributed by atoms with van der Waals surface area (Å²) in [6.07, 6.45) is 6.38. The van der Waals surface area contributed by atoms with Gasteiger partial charge in [0.2, 0.25) is 5.91 Å². The van der Waals surface area contributed by atoms with Crippen molar-refractivity contribution in [3.05, 3.63) is 94.3 Å². The summed E-state index contributed by atoms with van der Waals surface area (Å²) in [7, 11) is 1.67. The average Bonchev–Trinajstić information content (AvgIpc) is 3.15. The van der Waals surface area contributed by atoms with Gasteiger partial charge in [-0.25, -0.2) is 4.68 Å². The van der Waals surface area contributed by atoms with Crippen LogP contribution in [-0.2, 0) is 11.3 Å². The molecule has 7 heteroatoms. The van der Waals surface area contributed by atoms with E-state index in [2.05, 4.69) is 5.10 Å². The molecule has 1 amide bonds. The molecule has 27 heavy (non-hydrogen) atoms. The number of benzene rings is 2. The largest absolute Gasteiger partial charge is 0.338 e. The molecule has 136 valence electrons. The minimum absolute atomic E-state index is 0.0339. The number of nitrogens with zero attached hydrogens (tertiary/aromatic N) is 4. The van der Waals surface area contributed by atoms with Crippen molar-refractivity contribution in [2.45, 2.75) is 6.54 Å².